The van der Waals surface area contributed by atoms with E-state index < -0.39 is 0 Å². The summed E-state index contributed by atoms with van der Waals surface area (Å²) < 4.78 is 19.8. The van der Waals surface area contributed by atoms with E-state index in [0.717, 1.165) is 48.8 Å². The first-order valence-electron chi connectivity index (χ1n) is 15.2. The number of aromatic nitrogens is 1. The average Bonchev–Trinajstić information content (AvgIpc) is 2.91. The van der Waals surface area contributed by atoms with E-state index in [1.54, 1.807) is 7.11 Å². The van der Waals surface area contributed by atoms with Crippen LogP contribution in [0.3, 0.4) is 0 Å². The number of ether oxygens (including phenoxy) is 3. The quantitative estimate of drug-likeness (QED) is 0.147. The Hall–Kier alpha value is -2.17. The fraction of sp³-hybridized carbons (Fsp3) is 0.719. The summed E-state index contributed by atoms with van der Waals surface area (Å²) >= 11 is 0. The average molecular weight is 516 g/mol. The Labute approximate surface area is 225 Å². The molecular weight excluding hydrogens is 462 g/mol. The van der Waals surface area contributed by atoms with E-state index in [4.69, 9.17) is 14.2 Å². The number of aryl methyl sites for hydroxylation is 1. The summed E-state index contributed by atoms with van der Waals surface area (Å²) in [4.78, 5) is 13.7. The van der Waals surface area contributed by atoms with Gasteiger partial charge < -0.3 is 18.8 Å². The van der Waals surface area contributed by atoms with Crippen LogP contribution in [0.15, 0.2) is 23.0 Å². The first-order valence-corrected chi connectivity index (χ1v) is 15.2. The lowest BCUT2D eigenvalue weighted by atomic mass is 10.1. The second-order valence-electron chi connectivity index (χ2n) is 10.3. The van der Waals surface area contributed by atoms with Crippen molar-refractivity contribution in [3.8, 4) is 17.2 Å². The summed E-state index contributed by atoms with van der Waals surface area (Å²) in [6.07, 6.45) is 18.9. The minimum absolute atomic E-state index is 0.0935. The van der Waals surface area contributed by atoms with Crippen molar-refractivity contribution in [1.82, 2.24) is 4.57 Å². The van der Waals surface area contributed by atoms with Crippen molar-refractivity contribution >= 4 is 10.9 Å². The number of hydrogen-bond donors (Lipinski definition) is 0. The van der Waals surface area contributed by atoms with Crippen LogP contribution in [0.1, 0.15) is 124 Å². The number of pyridine rings is 1. The van der Waals surface area contributed by atoms with Crippen molar-refractivity contribution in [3.05, 3.63) is 28.6 Å². The molecule has 0 spiro atoms. The smallest absolute Gasteiger partial charge is 0.297 e. The molecule has 1 aromatic heterocycles. The first-order chi connectivity index (χ1) is 18.2. The van der Waals surface area contributed by atoms with Crippen LogP contribution in [0.5, 0.6) is 17.2 Å². The van der Waals surface area contributed by atoms with Crippen molar-refractivity contribution in [2.24, 2.45) is 0 Å². The molecule has 5 nitrogen and oxygen atoms in total. The third-order valence-electron chi connectivity index (χ3n) is 7.10. The van der Waals surface area contributed by atoms with Gasteiger partial charge in [-0.3, -0.25) is 4.79 Å². The zero-order valence-electron chi connectivity index (χ0n) is 24.2. The van der Waals surface area contributed by atoms with Gasteiger partial charge in [0.2, 0.25) is 5.75 Å². The molecule has 0 unspecified atom stereocenters. The Kier molecular flexibility index (Phi) is 15.9. The molecule has 1 aromatic carbocycles. The molecule has 5 heteroatoms. The number of methoxy groups -OCH3 is 1. The van der Waals surface area contributed by atoms with Crippen LogP contribution in [0.25, 0.3) is 10.9 Å². The highest BCUT2D eigenvalue weighted by Crippen LogP contribution is 2.35. The molecule has 0 radical (unpaired) electrons. The molecule has 0 bridgehead atoms. The van der Waals surface area contributed by atoms with Crippen LogP contribution in [-0.4, -0.2) is 24.9 Å². The van der Waals surface area contributed by atoms with Gasteiger partial charge in [-0.15, -0.1) is 0 Å². The number of hydrogen-bond acceptors (Lipinski definition) is 4. The van der Waals surface area contributed by atoms with E-state index in [2.05, 4.69) is 20.8 Å². The largest absolute Gasteiger partial charge is 0.494 e. The van der Waals surface area contributed by atoms with Gasteiger partial charge >= 0.3 is 0 Å². The van der Waals surface area contributed by atoms with E-state index >= 15 is 0 Å². The molecule has 0 aliphatic heterocycles. The third-order valence-corrected chi connectivity index (χ3v) is 7.10. The van der Waals surface area contributed by atoms with Gasteiger partial charge in [0.15, 0.2) is 5.75 Å². The highest BCUT2D eigenvalue weighted by Gasteiger charge is 2.19. The molecule has 0 aliphatic carbocycles. The van der Waals surface area contributed by atoms with Gasteiger partial charge in [-0.05, 0) is 31.4 Å². The SMILES string of the molecule is CCCCCCCCOc1c(OC)c2ccc(OCCCCCC)cc2n(CCCCCCCC)c1=O. The maximum atomic E-state index is 13.7. The number of nitrogens with zero attached hydrogens (tertiary/aromatic N) is 1. The van der Waals surface area contributed by atoms with E-state index in [-0.39, 0.29) is 5.56 Å². The second kappa shape index (κ2) is 19.0. The lowest BCUT2D eigenvalue weighted by Gasteiger charge is -2.18. The van der Waals surface area contributed by atoms with Crippen molar-refractivity contribution < 1.29 is 14.2 Å². The maximum Gasteiger partial charge on any atom is 0.297 e. The topological polar surface area (TPSA) is 49.7 Å². The molecule has 210 valence electrons. The Morgan fingerprint density at radius 2 is 1.19 bits per heavy atom. The lowest BCUT2D eigenvalue weighted by Crippen LogP contribution is -2.24. The number of rotatable bonds is 22. The van der Waals surface area contributed by atoms with Crippen molar-refractivity contribution in [3.63, 3.8) is 0 Å². The molecule has 0 N–H and O–H groups in total. The van der Waals surface area contributed by atoms with Gasteiger partial charge in [-0.1, -0.05) is 104 Å². The summed E-state index contributed by atoms with van der Waals surface area (Å²) in [5, 5.41) is 0.907. The van der Waals surface area contributed by atoms with Gasteiger partial charge in [-0.25, -0.2) is 0 Å². The predicted octanol–water partition coefficient (Wildman–Crippen LogP) is 9.07. The molecule has 37 heavy (non-hydrogen) atoms. The number of fused-ring (bicyclic) bond motifs is 1. The van der Waals surface area contributed by atoms with Gasteiger partial charge in [0.1, 0.15) is 5.75 Å². The molecule has 0 aliphatic rings. The Morgan fingerprint density at radius 1 is 0.649 bits per heavy atom. The summed E-state index contributed by atoms with van der Waals surface area (Å²) in [5.74, 6) is 1.70. The Bertz CT molecular complexity index is 937. The monoisotopic (exact) mass is 515 g/mol. The van der Waals surface area contributed by atoms with Crippen LogP contribution in [0, 0.1) is 0 Å². The molecule has 0 atom stereocenters. The lowest BCUT2D eigenvalue weighted by molar-refractivity contribution is 0.279. The van der Waals surface area contributed by atoms with Crippen LogP contribution < -0.4 is 19.8 Å². The van der Waals surface area contributed by atoms with Gasteiger partial charge in [0.05, 0.1) is 25.8 Å². The van der Waals surface area contributed by atoms with Gasteiger partial charge in [-0.2, -0.15) is 0 Å². The van der Waals surface area contributed by atoms with Crippen LogP contribution in [0.2, 0.25) is 0 Å². The number of unbranched alkanes of at least 4 members (excludes halogenated alkanes) is 13. The van der Waals surface area contributed by atoms with Crippen LogP contribution in [-0.2, 0) is 6.54 Å². The van der Waals surface area contributed by atoms with Crippen molar-refractivity contribution in [2.75, 3.05) is 20.3 Å². The molecular formula is C32H53NO4. The Morgan fingerprint density at radius 3 is 1.81 bits per heavy atom. The molecule has 1 heterocycles. The molecule has 0 fully saturated rings. The molecule has 0 saturated carbocycles. The van der Waals surface area contributed by atoms with Crippen LogP contribution >= 0.6 is 0 Å². The third kappa shape index (κ3) is 10.6. The van der Waals surface area contributed by atoms with E-state index in [1.165, 1.54) is 70.6 Å². The van der Waals surface area contributed by atoms with Crippen LogP contribution in [0.4, 0.5) is 0 Å². The summed E-state index contributed by atoms with van der Waals surface area (Å²) in [6.45, 7) is 8.60. The van der Waals surface area contributed by atoms with E-state index in [0.29, 0.717) is 31.3 Å². The van der Waals surface area contributed by atoms with Crippen molar-refractivity contribution in [2.45, 2.75) is 130 Å². The van der Waals surface area contributed by atoms with Crippen molar-refractivity contribution in [1.29, 1.82) is 0 Å². The highest BCUT2D eigenvalue weighted by atomic mass is 16.5. The Balaban J connectivity index is 2.23. The standard InChI is InChI=1S/C32H53NO4/c1-5-8-11-14-16-18-23-33-29-26-27(36-24-19-13-10-7-3)21-22-28(29)30(35-4)31(32(33)34)37-25-20-17-15-12-9-6-2/h21-22,26H,5-20,23-25H2,1-4H3. The molecule has 0 amide bonds. The predicted molar refractivity (Wildman–Crippen MR) is 157 cm³/mol. The first kappa shape index (κ1) is 31.1. The minimum atomic E-state index is -0.0935. The highest BCUT2D eigenvalue weighted by molar-refractivity contribution is 5.89. The van der Waals surface area contributed by atoms with E-state index in [9.17, 15) is 4.79 Å². The zero-order valence-corrected chi connectivity index (χ0v) is 24.2. The minimum Gasteiger partial charge on any atom is -0.494 e. The molecule has 2 aromatic rings. The summed E-state index contributed by atoms with van der Waals surface area (Å²) in [6, 6.07) is 6.01. The van der Waals surface area contributed by atoms with E-state index in [1.807, 2.05) is 22.8 Å². The summed E-state index contributed by atoms with van der Waals surface area (Å²) in [7, 11) is 1.63. The molecule has 2 rings (SSSR count). The maximum absolute atomic E-state index is 13.7. The molecule has 0 saturated heterocycles. The fourth-order valence-electron chi connectivity index (χ4n) is 4.85. The zero-order chi connectivity index (χ0) is 26.7. The van der Waals surface area contributed by atoms with Gasteiger partial charge in [0.25, 0.3) is 5.56 Å². The normalized spacial score (nSPS) is 11.2. The number of benzene rings is 1. The fourth-order valence-corrected chi connectivity index (χ4v) is 4.85. The summed E-state index contributed by atoms with van der Waals surface area (Å²) in [5.41, 5.74) is 0.775. The van der Waals surface area contributed by atoms with Gasteiger partial charge in [0, 0.05) is 18.0 Å². The second-order valence-corrected chi connectivity index (χ2v) is 10.3.